The Morgan fingerprint density at radius 3 is 2.76 bits per heavy atom. The quantitative estimate of drug-likeness (QED) is 0.796. The Labute approximate surface area is 121 Å². The molecule has 4 nitrogen and oxygen atoms in total. The number of rotatable bonds is 3. The molecule has 1 aliphatic carbocycles. The van der Waals surface area contributed by atoms with E-state index in [4.69, 9.17) is 4.74 Å². The lowest BCUT2D eigenvalue weighted by molar-refractivity contribution is 0.462. The SMILES string of the molecule is O=c1cc(Oc2cccc3ccccc23)nc(C2CC2)[nH]1. The van der Waals surface area contributed by atoms with E-state index in [1.807, 2.05) is 42.5 Å². The standard InChI is InChI=1S/C17H14N2O2/c20-15-10-16(19-17(18-15)12-8-9-12)21-14-7-3-5-11-4-1-2-6-13(11)14/h1-7,10,12H,8-9H2,(H,18,19,20). The monoisotopic (exact) mass is 278 g/mol. The number of benzene rings is 2. The molecule has 1 fully saturated rings. The normalized spacial score (nSPS) is 14.3. The van der Waals surface area contributed by atoms with Crippen LogP contribution in [-0.4, -0.2) is 9.97 Å². The largest absolute Gasteiger partial charge is 0.438 e. The van der Waals surface area contributed by atoms with E-state index in [0.29, 0.717) is 17.5 Å². The minimum atomic E-state index is -0.165. The van der Waals surface area contributed by atoms with E-state index in [-0.39, 0.29) is 5.56 Å². The highest BCUT2D eigenvalue weighted by molar-refractivity contribution is 5.88. The summed E-state index contributed by atoms with van der Waals surface area (Å²) in [5.74, 6) is 2.19. The molecular formula is C17H14N2O2. The van der Waals surface area contributed by atoms with Gasteiger partial charge in [0.1, 0.15) is 11.6 Å². The lowest BCUT2D eigenvalue weighted by Gasteiger charge is -2.08. The van der Waals surface area contributed by atoms with Crippen molar-refractivity contribution in [3.63, 3.8) is 0 Å². The molecule has 4 heteroatoms. The maximum Gasteiger partial charge on any atom is 0.254 e. The summed E-state index contributed by atoms with van der Waals surface area (Å²) in [4.78, 5) is 18.9. The molecule has 0 spiro atoms. The van der Waals surface area contributed by atoms with Gasteiger partial charge < -0.3 is 9.72 Å². The van der Waals surface area contributed by atoms with Gasteiger partial charge in [0.15, 0.2) is 0 Å². The minimum absolute atomic E-state index is 0.165. The fourth-order valence-electron chi connectivity index (χ4n) is 2.45. The maximum absolute atomic E-state index is 11.7. The van der Waals surface area contributed by atoms with Crippen LogP contribution in [0.1, 0.15) is 24.6 Å². The zero-order valence-corrected chi connectivity index (χ0v) is 11.4. The summed E-state index contributed by atoms with van der Waals surface area (Å²) in [6.07, 6.45) is 2.17. The highest BCUT2D eigenvalue weighted by Gasteiger charge is 2.26. The van der Waals surface area contributed by atoms with Crippen LogP contribution < -0.4 is 10.3 Å². The smallest absolute Gasteiger partial charge is 0.254 e. The Bertz CT molecular complexity index is 861. The second kappa shape index (κ2) is 4.74. The molecular weight excluding hydrogens is 264 g/mol. The van der Waals surface area contributed by atoms with Crippen molar-refractivity contribution in [3.05, 3.63) is 64.7 Å². The summed E-state index contributed by atoms with van der Waals surface area (Å²) >= 11 is 0. The first-order chi connectivity index (χ1) is 10.3. The van der Waals surface area contributed by atoms with Crippen molar-refractivity contribution in [3.8, 4) is 11.6 Å². The third-order valence-corrected chi connectivity index (χ3v) is 3.66. The fourth-order valence-corrected chi connectivity index (χ4v) is 2.45. The zero-order valence-electron chi connectivity index (χ0n) is 11.4. The summed E-state index contributed by atoms with van der Waals surface area (Å²) in [6.45, 7) is 0. The van der Waals surface area contributed by atoms with Gasteiger partial charge in [0, 0.05) is 11.3 Å². The summed E-state index contributed by atoms with van der Waals surface area (Å²) < 4.78 is 5.86. The van der Waals surface area contributed by atoms with Crippen LogP contribution in [0.3, 0.4) is 0 Å². The molecule has 1 N–H and O–H groups in total. The Kier molecular flexibility index (Phi) is 2.74. The van der Waals surface area contributed by atoms with E-state index >= 15 is 0 Å². The van der Waals surface area contributed by atoms with Crippen LogP contribution in [0.25, 0.3) is 10.8 Å². The number of aromatic amines is 1. The first-order valence-corrected chi connectivity index (χ1v) is 7.06. The molecule has 1 aromatic heterocycles. The Morgan fingerprint density at radius 1 is 1.10 bits per heavy atom. The number of nitrogens with zero attached hydrogens (tertiary/aromatic N) is 1. The first kappa shape index (κ1) is 12.1. The van der Waals surface area contributed by atoms with Gasteiger partial charge in [-0.05, 0) is 24.3 Å². The van der Waals surface area contributed by atoms with Crippen LogP contribution >= 0.6 is 0 Å². The van der Waals surface area contributed by atoms with Crippen molar-refractivity contribution in [1.82, 2.24) is 9.97 Å². The number of H-pyrrole nitrogens is 1. The average molecular weight is 278 g/mol. The third kappa shape index (κ3) is 2.40. The second-order valence-corrected chi connectivity index (χ2v) is 5.32. The summed E-state index contributed by atoms with van der Waals surface area (Å²) in [5.41, 5.74) is -0.165. The molecule has 0 bridgehead atoms. The molecule has 0 radical (unpaired) electrons. The molecule has 1 saturated carbocycles. The van der Waals surface area contributed by atoms with Gasteiger partial charge in [-0.1, -0.05) is 36.4 Å². The Morgan fingerprint density at radius 2 is 1.90 bits per heavy atom. The van der Waals surface area contributed by atoms with Crippen LogP contribution in [0.5, 0.6) is 11.6 Å². The highest BCUT2D eigenvalue weighted by atomic mass is 16.5. The van der Waals surface area contributed by atoms with Crippen LogP contribution in [0.4, 0.5) is 0 Å². The number of ether oxygens (including phenoxy) is 1. The Balaban J connectivity index is 1.76. The van der Waals surface area contributed by atoms with Crippen LogP contribution in [0, 0.1) is 0 Å². The first-order valence-electron chi connectivity index (χ1n) is 7.06. The minimum Gasteiger partial charge on any atom is -0.438 e. The van der Waals surface area contributed by atoms with Crippen molar-refractivity contribution in [2.45, 2.75) is 18.8 Å². The van der Waals surface area contributed by atoms with Gasteiger partial charge >= 0.3 is 0 Å². The van der Waals surface area contributed by atoms with Crippen molar-refractivity contribution in [1.29, 1.82) is 0 Å². The molecule has 104 valence electrons. The van der Waals surface area contributed by atoms with Gasteiger partial charge in [-0.15, -0.1) is 0 Å². The predicted octanol–water partition coefficient (Wildman–Crippen LogP) is 3.59. The van der Waals surface area contributed by atoms with Gasteiger partial charge in [0.05, 0.1) is 6.07 Å². The third-order valence-electron chi connectivity index (χ3n) is 3.66. The van der Waals surface area contributed by atoms with Gasteiger partial charge in [0.25, 0.3) is 5.56 Å². The number of aromatic nitrogens is 2. The molecule has 2 aromatic carbocycles. The van der Waals surface area contributed by atoms with E-state index in [9.17, 15) is 4.79 Å². The van der Waals surface area contributed by atoms with Crippen LogP contribution in [0.2, 0.25) is 0 Å². The molecule has 0 saturated heterocycles. The molecule has 3 aromatic rings. The summed E-state index contributed by atoms with van der Waals surface area (Å²) in [5, 5.41) is 2.11. The molecule has 0 unspecified atom stereocenters. The number of hydrogen-bond donors (Lipinski definition) is 1. The van der Waals surface area contributed by atoms with E-state index in [2.05, 4.69) is 9.97 Å². The van der Waals surface area contributed by atoms with E-state index < -0.39 is 0 Å². The molecule has 1 heterocycles. The lowest BCUT2D eigenvalue weighted by Crippen LogP contribution is -2.10. The van der Waals surface area contributed by atoms with Gasteiger partial charge in [-0.3, -0.25) is 4.79 Å². The summed E-state index contributed by atoms with van der Waals surface area (Å²) in [6, 6.07) is 15.2. The lowest BCUT2D eigenvalue weighted by atomic mass is 10.1. The van der Waals surface area contributed by atoms with Crippen molar-refractivity contribution in [2.75, 3.05) is 0 Å². The number of fused-ring (bicyclic) bond motifs is 1. The van der Waals surface area contributed by atoms with Crippen molar-refractivity contribution < 1.29 is 4.74 Å². The van der Waals surface area contributed by atoms with Crippen LogP contribution in [0.15, 0.2) is 53.3 Å². The zero-order chi connectivity index (χ0) is 14.2. The fraction of sp³-hybridized carbons (Fsp3) is 0.176. The number of nitrogens with one attached hydrogen (secondary N) is 1. The van der Waals surface area contributed by atoms with Crippen molar-refractivity contribution >= 4 is 10.8 Å². The topological polar surface area (TPSA) is 55.0 Å². The molecule has 0 aliphatic heterocycles. The van der Waals surface area contributed by atoms with Gasteiger partial charge in [-0.25, -0.2) is 0 Å². The second-order valence-electron chi connectivity index (χ2n) is 5.32. The Hall–Kier alpha value is -2.62. The van der Waals surface area contributed by atoms with Gasteiger partial charge in [0.2, 0.25) is 5.88 Å². The van der Waals surface area contributed by atoms with E-state index in [1.54, 1.807) is 0 Å². The predicted molar refractivity (Wildman–Crippen MR) is 80.9 cm³/mol. The molecule has 0 amide bonds. The van der Waals surface area contributed by atoms with Gasteiger partial charge in [-0.2, -0.15) is 4.98 Å². The van der Waals surface area contributed by atoms with E-state index in [1.165, 1.54) is 6.07 Å². The highest BCUT2D eigenvalue weighted by Crippen LogP contribution is 2.38. The average Bonchev–Trinajstić information content (AvgIpc) is 3.32. The number of hydrogen-bond acceptors (Lipinski definition) is 3. The molecule has 1 aliphatic rings. The van der Waals surface area contributed by atoms with Crippen LogP contribution in [-0.2, 0) is 0 Å². The van der Waals surface area contributed by atoms with E-state index in [0.717, 1.165) is 29.4 Å². The summed E-state index contributed by atoms with van der Waals surface area (Å²) in [7, 11) is 0. The van der Waals surface area contributed by atoms with Crippen molar-refractivity contribution in [2.24, 2.45) is 0 Å². The maximum atomic E-state index is 11.7. The molecule has 0 atom stereocenters. The molecule has 4 rings (SSSR count). The molecule has 21 heavy (non-hydrogen) atoms.